The number of carbonyl (C=O) groups is 2. The van der Waals surface area contributed by atoms with E-state index in [2.05, 4.69) is 0 Å². The normalized spacial score (nSPS) is 12.1. The molecule has 0 aromatic carbocycles. The lowest BCUT2D eigenvalue weighted by atomic mass is 10.1. The average molecular weight is 327 g/mol. The van der Waals surface area contributed by atoms with Gasteiger partial charge in [0.2, 0.25) is 0 Å². The number of esters is 2. The van der Waals surface area contributed by atoms with E-state index in [-0.39, 0.29) is 12.8 Å². The van der Waals surface area contributed by atoms with E-state index in [1.807, 2.05) is 0 Å². The van der Waals surface area contributed by atoms with Crippen LogP contribution in [0, 0.1) is 0 Å². The minimum atomic E-state index is -0.610. The number of hydrogen-bond acceptors (Lipinski definition) is 4. The minimum absolute atomic E-state index is 0.00149. The summed E-state index contributed by atoms with van der Waals surface area (Å²) in [7, 11) is 0. The van der Waals surface area contributed by atoms with Crippen LogP contribution in [-0.2, 0) is 19.1 Å². The van der Waals surface area contributed by atoms with Crippen molar-refractivity contribution in [3.63, 3.8) is 0 Å². The third-order valence-electron chi connectivity index (χ3n) is 2.71. The van der Waals surface area contributed by atoms with Gasteiger partial charge < -0.3 is 9.47 Å². The Morgan fingerprint density at radius 1 is 0.800 bits per heavy atom. The SMILES string of the molecule is CC(C)(CCCl)OC(=O)CCC(=O)OC(C)(C)CCCl. The molecule has 0 aliphatic heterocycles. The van der Waals surface area contributed by atoms with Gasteiger partial charge in [-0.25, -0.2) is 0 Å². The fraction of sp³-hybridized carbons (Fsp3) is 0.857. The largest absolute Gasteiger partial charge is 0.460 e. The quantitative estimate of drug-likeness (QED) is 0.479. The van der Waals surface area contributed by atoms with E-state index in [1.165, 1.54) is 0 Å². The second-order valence-electron chi connectivity index (χ2n) is 5.85. The summed E-state index contributed by atoms with van der Waals surface area (Å²) in [5.74, 6) is -0.0245. The van der Waals surface area contributed by atoms with Gasteiger partial charge in [-0.1, -0.05) is 0 Å². The van der Waals surface area contributed by atoms with Crippen LogP contribution in [0.4, 0.5) is 0 Å². The number of rotatable bonds is 9. The molecule has 0 aliphatic rings. The Labute approximate surface area is 131 Å². The molecule has 0 aliphatic carbocycles. The zero-order valence-electron chi connectivity index (χ0n) is 12.6. The first kappa shape index (κ1) is 19.5. The molecule has 0 radical (unpaired) electrons. The Hall–Kier alpha value is -0.480. The number of ether oxygens (including phenoxy) is 2. The molecule has 0 bridgehead atoms. The van der Waals surface area contributed by atoms with Crippen LogP contribution in [0.2, 0.25) is 0 Å². The van der Waals surface area contributed by atoms with E-state index in [0.29, 0.717) is 24.6 Å². The number of alkyl halides is 2. The van der Waals surface area contributed by atoms with Crippen molar-refractivity contribution in [3.8, 4) is 0 Å². The highest BCUT2D eigenvalue weighted by atomic mass is 35.5. The van der Waals surface area contributed by atoms with E-state index in [0.717, 1.165) is 0 Å². The van der Waals surface area contributed by atoms with Gasteiger partial charge in [-0.2, -0.15) is 0 Å². The molecule has 0 fully saturated rings. The van der Waals surface area contributed by atoms with Gasteiger partial charge >= 0.3 is 11.9 Å². The maximum Gasteiger partial charge on any atom is 0.306 e. The summed E-state index contributed by atoms with van der Waals surface area (Å²) in [5, 5.41) is 0. The first-order valence-corrected chi connectivity index (χ1v) is 7.74. The summed E-state index contributed by atoms with van der Waals surface area (Å²) in [6, 6.07) is 0. The maximum atomic E-state index is 11.6. The van der Waals surface area contributed by atoms with Crippen LogP contribution in [0.3, 0.4) is 0 Å². The van der Waals surface area contributed by atoms with Crippen molar-refractivity contribution in [3.05, 3.63) is 0 Å². The third-order valence-corrected chi connectivity index (χ3v) is 3.08. The molecule has 0 saturated carbocycles. The van der Waals surface area contributed by atoms with Gasteiger partial charge in [0.1, 0.15) is 11.2 Å². The highest BCUT2D eigenvalue weighted by Gasteiger charge is 2.25. The Bertz CT molecular complexity index is 295. The fourth-order valence-electron chi connectivity index (χ4n) is 1.48. The third kappa shape index (κ3) is 9.43. The van der Waals surface area contributed by atoms with Gasteiger partial charge in [-0.3, -0.25) is 9.59 Å². The van der Waals surface area contributed by atoms with Crippen LogP contribution in [0.5, 0.6) is 0 Å². The van der Waals surface area contributed by atoms with Crippen molar-refractivity contribution in [1.82, 2.24) is 0 Å². The second-order valence-corrected chi connectivity index (χ2v) is 6.60. The molecule has 118 valence electrons. The summed E-state index contributed by atoms with van der Waals surface area (Å²) in [4.78, 5) is 23.3. The zero-order valence-corrected chi connectivity index (χ0v) is 14.1. The summed E-state index contributed by atoms with van der Waals surface area (Å²) < 4.78 is 10.5. The van der Waals surface area contributed by atoms with Gasteiger partial charge in [0.25, 0.3) is 0 Å². The van der Waals surface area contributed by atoms with Crippen molar-refractivity contribution in [2.75, 3.05) is 11.8 Å². The molecule has 0 rings (SSSR count). The molecule has 6 heteroatoms. The van der Waals surface area contributed by atoms with E-state index in [4.69, 9.17) is 32.7 Å². The Morgan fingerprint density at radius 3 is 1.35 bits per heavy atom. The summed E-state index contributed by atoms with van der Waals surface area (Å²) in [6.45, 7) is 7.15. The van der Waals surface area contributed by atoms with Crippen LogP contribution in [0.1, 0.15) is 53.4 Å². The monoisotopic (exact) mass is 326 g/mol. The van der Waals surface area contributed by atoms with Crippen LogP contribution in [0.25, 0.3) is 0 Å². The van der Waals surface area contributed by atoms with Crippen molar-refractivity contribution >= 4 is 35.1 Å². The number of halogens is 2. The lowest BCUT2D eigenvalue weighted by Crippen LogP contribution is -2.30. The van der Waals surface area contributed by atoms with Crippen LogP contribution < -0.4 is 0 Å². The first-order chi connectivity index (χ1) is 9.12. The van der Waals surface area contributed by atoms with Gasteiger partial charge in [-0.05, 0) is 27.7 Å². The van der Waals surface area contributed by atoms with E-state index < -0.39 is 23.1 Å². The molecule has 20 heavy (non-hydrogen) atoms. The molecule has 0 aromatic heterocycles. The lowest BCUT2D eigenvalue weighted by Gasteiger charge is -2.25. The van der Waals surface area contributed by atoms with E-state index >= 15 is 0 Å². The second kappa shape index (κ2) is 8.73. The number of carbonyl (C=O) groups excluding carboxylic acids is 2. The van der Waals surface area contributed by atoms with Crippen LogP contribution in [0.15, 0.2) is 0 Å². The Balaban J connectivity index is 4.10. The number of hydrogen-bond donors (Lipinski definition) is 0. The zero-order chi connectivity index (χ0) is 15.8. The highest BCUT2D eigenvalue weighted by Crippen LogP contribution is 2.18. The predicted molar refractivity (Wildman–Crippen MR) is 80.3 cm³/mol. The standard InChI is InChI=1S/C14H24Cl2O4/c1-13(2,7-9-15)19-11(17)5-6-12(18)20-14(3,4)8-10-16/h5-10H2,1-4H3. The summed E-state index contributed by atoms with van der Waals surface area (Å²) in [6.07, 6.45) is 1.13. The van der Waals surface area contributed by atoms with Crippen molar-refractivity contribution in [2.24, 2.45) is 0 Å². The molecular formula is C14H24Cl2O4. The summed E-state index contributed by atoms with van der Waals surface area (Å²) in [5.41, 5.74) is -1.22. The van der Waals surface area contributed by atoms with Crippen molar-refractivity contribution in [2.45, 2.75) is 64.6 Å². The van der Waals surface area contributed by atoms with E-state index in [9.17, 15) is 9.59 Å². The van der Waals surface area contributed by atoms with Gasteiger partial charge in [0.05, 0.1) is 12.8 Å². The van der Waals surface area contributed by atoms with Crippen molar-refractivity contribution in [1.29, 1.82) is 0 Å². The lowest BCUT2D eigenvalue weighted by molar-refractivity contribution is -0.163. The average Bonchev–Trinajstić information content (AvgIpc) is 2.24. The van der Waals surface area contributed by atoms with Crippen LogP contribution >= 0.6 is 23.2 Å². The van der Waals surface area contributed by atoms with Crippen LogP contribution in [-0.4, -0.2) is 34.9 Å². The van der Waals surface area contributed by atoms with Gasteiger partial charge in [0, 0.05) is 24.6 Å². The summed E-state index contributed by atoms with van der Waals surface area (Å²) >= 11 is 11.2. The minimum Gasteiger partial charge on any atom is -0.460 e. The molecule has 0 N–H and O–H groups in total. The molecule has 4 nitrogen and oxygen atoms in total. The Kier molecular flexibility index (Phi) is 8.52. The molecule has 0 spiro atoms. The molecule has 0 atom stereocenters. The molecule has 0 saturated heterocycles. The smallest absolute Gasteiger partial charge is 0.306 e. The van der Waals surface area contributed by atoms with E-state index in [1.54, 1.807) is 27.7 Å². The Morgan fingerprint density at radius 2 is 1.10 bits per heavy atom. The molecule has 0 aromatic rings. The maximum absolute atomic E-state index is 11.6. The fourth-order valence-corrected chi connectivity index (χ4v) is 2.39. The molecule has 0 heterocycles. The van der Waals surface area contributed by atoms with Crippen molar-refractivity contribution < 1.29 is 19.1 Å². The first-order valence-electron chi connectivity index (χ1n) is 6.67. The topological polar surface area (TPSA) is 52.6 Å². The molecular weight excluding hydrogens is 303 g/mol. The molecule has 0 unspecified atom stereocenters. The highest BCUT2D eigenvalue weighted by molar-refractivity contribution is 6.18. The predicted octanol–water partition coefficient (Wildman–Crippen LogP) is 3.67. The van der Waals surface area contributed by atoms with Gasteiger partial charge in [0.15, 0.2) is 0 Å². The molecule has 0 amide bonds. The van der Waals surface area contributed by atoms with Gasteiger partial charge in [-0.15, -0.1) is 23.2 Å².